The fourth-order valence-corrected chi connectivity index (χ4v) is 4.68. The van der Waals surface area contributed by atoms with Crippen LogP contribution in [-0.4, -0.2) is 14.9 Å². The summed E-state index contributed by atoms with van der Waals surface area (Å²) in [5.74, 6) is 0.747. The second-order valence-corrected chi connectivity index (χ2v) is 7.48. The van der Waals surface area contributed by atoms with Crippen LogP contribution in [0.2, 0.25) is 0 Å². The zero-order valence-electron chi connectivity index (χ0n) is 6.36. The smallest absolute Gasteiger partial charge is 0.189 e. The van der Waals surface area contributed by atoms with Crippen molar-refractivity contribution in [1.82, 2.24) is 0 Å². The van der Waals surface area contributed by atoms with E-state index in [1.807, 2.05) is 0 Å². The first-order valence-electron chi connectivity index (χ1n) is 4.09. The van der Waals surface area contributed by atoms with Gasteiger partial charge in [-0.25, -0.2) is 0 Å². The predicted octanol–water partition coefficient (Wildman–Crippen LogP) is 1.61. The van der Waals surface area contributed by atoms with Crippen molar-refractivity contribution in [3.05, 3.63) is 0 Å². The van der Waals surface area contributed by atoms with Crippen molar-refractivity contribution in [3.8, 4) is 0 Å². The molecule has 4 heteroatoms. The van der Waals surface area contributed by atoms with E-state index in [1.54, 1.807) is 0 Å². The Balaban J connectivity index is 2.30. The lowest BCUT2D eigenvalue weighted by Gasteiger charge is -2.30. The molecule has 0 amide bonds. The summed E-state index contributed by atoms with van der Waals surface area (Å²) in [4.78, 5) is 19.0. The number of hydrogen-bond acceptors (Lipinski definition) is 1. The van der Waals surface area contributed by atoms with E-state index in [0.717, 1.165) is 25.2 Å². The van der Waals surface area contributed by atoms with E-state index in [1.165, 1.54) is 12.8 Å². The second kappa shape index (κ2) is 2.29. The van der Waals surface area contributed by atoms with Crippen LogP contribution in [0.4, 0.5) is 0 Å². The van der Waals surface area contributed by atoms with Gasteiger partial charge in [-0.2, -0.15) is 0 Å². The zero-order valence-corrected chi connectivity index (χ0v) is 8.07. The van der Waals surface area contributed by atoms with Crippen LogP contribution < -0.4 is 0 Å². The first-order chi connectivity index (χ1) is 5.04. The molecule has 2 N–H and O–H groups in total. The van der Waals surface area contributed by atoms with Gasteiger partial charge in [0.15, 0.2) is 6.49 Å². The molecular weight excluding hydrogens is 179 g/mol. The van der Waals surface area contributed by atoms with E-state index in [4.69, 9.17) is 11.8 Å². The molecule has 11 heavy (non-hydrogen) atoms. The third-order valence-electron chi connectivity index (χ3n) is 3.32. The van der Waals surface area contributed by atoms with Gasteiger partial charge in [-0.15, -0.1) is 0 Å². The molecule has 2 aliphatic carbocycles. The van der Waals surface area contributed by atoms with Gasteiger partial charge in [-0.05, 0) is 49.8 Å². The molecule has 0 spiro atoms. The van der Waals surface area contributed by atoms with E-state index in [2.05, 4.69) is 0 Å². The summed E-state index contributed by atoms with van der Waals surface area (Å²) in [7, 11) is 0. The van der Waals surface area contributed by atoms with Gasteiger partial charge in [0.2, 0.25) is 0 Å². The van der Waals surface area contributed by atoms with Gasteiger partial charge in [0.25, 0.3) is 0 Å². The van der Waals surface area contributed by atoms with Crippen molar-refractivity contribution in [3.63, 3.8) is 0 Å². The molecule has 0 saturated heterocycles. The Bertz CT molecular complexity index is 214. The average Bonchev–Trinajstić information content (AvgIpc) is 2.42. The van der Waals surface area contributed by atoms with Crippen LogP contribution in [-0.2, 0) is 11.8 Å². The first-order valence-corrected chi connectivity index (χ1v) is 6.80. The molecule has 2 bridgehead atoms. The molecule has 2 rings (SSSR count). The van der Waals surface area contributed by atoms with Crippen LogP contribution in [0.5, 0.6) is 0 Å². The molecular formula is C7H13O2PS. The fraction of sp³-hybridized carbons (Fsp3) is 1.00. The van der Waals surface area contributed by atoms with Crippen molar-refractivity contribution in [2.24, 2.45) is 5.92 Å². The molecule has 0 atom stereocenters. The average molecular weight is 192 g/mol. The Hall–Kier alpha value is 0.570. The van der Waals surface area contributed by atoms with E-state index in [-0.39, 0.29) is 5.16 Å². The van der Waals surface area contributed by atoms with Gasteiger partial charge in [0, 0.05) is 5.16 Å². The van der Waals surface area contributed by atoms with Crippen LogP contribution in [0.3, 0.4) is 0 Å². The minimum Gasteiger partial charge on any atom is -0.345 e. The van der Waals surface area contributed by atoms with Crippen molar-refractivity contribution in [2.75, 3.05) is 0 Å². The van der Waals surface area contributed by atoms with Crippen molar-refractivity contribution in [1.29, 1.82) is 0 Å². The highest BCUT2D eigenvalue weighted by molar-refractivity contribution is 8.09. The maximum absolute atomic E-state index is 9.48. The molecule has 2 fully saturated rings. The Kier molecular flexibility index (Phi) is 1.70. The molecule has 0 radical (unpaired) electrons. The SMILES string of the molecule is OP(O)(=S)C12CCC(CC1)C2. The third kappa shape index (κ3) is 1.10. The minimum atomic E-state index is -2.97. The van der Waals surface area contributed by atoms with Gasteiger partial charge < -0.3 is 9.79 Å². The van der Waals surface area contributed by atoms with Crippen LogP contribution >= 0.6 is 6.49 Å². The summed E-state index contributed by atoms with van der Waals surface area (Å²) in [5, 5.41) is -0.215. The lowest BCUT2D eigenvalue weighted by atomic mass is 10.0. The van der Waals surface area contributed by atoms with E-state index >= 15 is 0 Å². The van der Waals surface area contributed by atoms with E-state index in [0.29, 0.717) is 0 Å². The summed E-state index contributed by atoms with van der Waals surface area (Å²) in [6.07, 6.45) is 5.24. The number of rotatable bonds is 1. The predicted molar refractivity (Wildman–Crippen MR) is 48.0 cm³/mol. The summed E-state index contributed by atoms with van der Waals surface area (Å²) in [6.45, 7) is -2.97. The molecule has 2 aliphatic rings. The van der Waals surface area contributed by atoms with Crippen LogP contribution in [0, 0.1) is 5.92 Å². The van der Waals surface area contributed by atoms with Gasteiger partial charge in [0.1, 0.15) is 0 Å². The van der Waals surface area contributed by atoms with Crippen molar-refractivity contribution >= 4 is 18.3 Å². The standard InChI is InChI=1S/C7H13O2PS/c8-10(9,11)7-3-1-6(5-7)2-4-7/h6H,1-5H2,(H2,8,9,11). The van der Waals surface area contributed by atoms with Crippen LogP contribution in [0.15, 0.2) is 0 Å². The summed E-state index contributed by atoms with van der Waals surface area (Å²) >= 11 is 4.80. The summed E-state index contributed by atoms with van der Waals surface area (Å²) in [6, 6.07) is 0. The van der Waals surface area contributed by atoms with Crippen molar-refractivity contribution in [2.45, 2.75) is 37.3 Å². The highest BCUT2D eigenvalue weighted by atomic mass is 32.5. The molecule has 2 saturated carbocycles. The molecule has 0 aromatic carbocycles. The highest BCUT2D eigenvalue weighted by Crippen LogP contribution is 2.67. The number of fused-ring (bicyclic) bond motifs is 2. The summed E-state index contributed by atoms with van der Waals surface area (Å²) in [5.41, 5.74) is 0. The van der Waals surface area contributed by atoms with Crippen LogP contribution in [0.1, 0.15) is 32.1 Å². The number of hydrogen-bond donors (Lipinski definition) is 2. The molecule has 0 unspecified atom stereocenters. The largest absolute Gasteiger partial charge is 0.345 e. The first kappa shape index (κ1) is 8.18. The molecule has 0 aromatic rings. The Labute approximate surface area is 71.8 Å². The van der Waals surface area contributed by atoms with Gasteiger partial charge in [-0.1, -0.05) is 0 Å². The fourth-order valence-electron chi connectivity index (χ4n) is 2.57. The second-order valence-electron chi connectivity index (χ2n) is 3.92. The van der Waals surface area contributed by atoms with Gasteiger partial charge in [0.05, 0.1) is 0 Å². The zero-order chi connectivity index (χ0) is 8.11. The Morgan fingerprint density at radius 3 is 2.00 bits per heavy atom. The van der Waals surface area contributed by atoms with Crippen LogP contribution in [0.25, 0.3) is 0 Å². The van der Waals surface area contributed by atoms with Gasteiger partial charge in [-0.3, -0.25) is 0 Å². The molecule has 0 aromatic heterocycles. The monoisotopic (exact) mass is 192 g/mol. The Morgan fingerprint density at radius 2 is 1.82 bits per heavy atom. The third-order valence-corrected chi connectivity index (χ3v) is 6.35. The van der Waals surface area contributed by atoms with E-state index in [9.17, 15) is 9.79 Å². The Morgan fingerprint density at radius 1 is 1.27 bits per heavy atom. The maximum atomic E-state index is 9.48. The topological polar surface area (TPSA) is 40.5 Å². The lowest BCUT2D eigenvalue weighted by Crippen LogP contribution is -2.21. The van der Waals surface area contributed by atoms with Crippen molar-refractivity contribution < 1.29 is 9.79 Å². The lowest BCUT2D eigenvalue weighted by molar-refractivity contribution is 0.403. The van der Waals surface area contributed by atoms with E-state index < -0.39 is 6.49 Å². The normalized spacial score (nSPS) is 43.3. The maximum Gasteiger partial charge on any atom is 0.189 e. The quantitative estimate of drug-likeness (QED) is 0.620. The molecule has 2 nitrogen and oxygen atoms in total. The van der Waals surface area contributed by atoms with Gasteiger partial charge >= 0.3 is 0 Å². The minimum absolute atomic E-state index is 0.215. The molecule has 0 heterocycles. The molecule has 64 valence electrons. The summed E-state index contributed by atoms with van der Waals surface area (Å²) < 4.78 is 0. The highest BCUT2D eigenvalue weighted by Gasteiger charge is 2.52. The molecule has 0 aliphatic heterocycles.